The first kappa shape index (κ1) is 18.8. The van der Waals surface area contributed by atoms with E-state index in [0.29, 0.717) is 11.6 Å². The third-order valence-corrected chi connectivity index (χ3v) is 6.05. The van der Waals surface area contributed by atoms with Crippen LogP contribution in [0.25, 0.3) is 16.3 Å². The van der Waals surface area contributed by atoms with E-state index < -0.39 is 0 Å². The highest BCUT2D eigenvalue weighted by atomic mass is 32.1. The summed E-state index contributed by atoms with van der Waals surface area (Å²) in [6.45, 7) is 5.80. The van der Waals surface area contributed by atoms with E-state index in [1.165, 1.54) is 11.3 Å². The van der Waals surface area contributed by atoms with Crippen molar-refractivity contribution in [3.63, 3.8) is 0 Å². The van der Waals surface area contributed by atoms with E-state index >= 15 is 0 Å². The number of piperidine rings is 1. The molecule has 1 amide bonds. The molecule has 4 rings (SSSR count). The van der Waals surface area contributed by atoms with Gasteiger partial charge in [-0.3, -0.25) is 4.79 Å². The zero-order chi connectivity index (χ0) is 19.3. The molecule has 3 aromatic rings. The summed E-state index contributed by atoms with van der Waals surface area (Å²) in [5.41, 5.74) is 2.47. The molecule has 7 heteroatoms. The van der Waals surface area contributed by atoms with Crippen LogP contribution in [0.4, 0.5) is 0 Å². The summed E-state index contributed by atoms with van der Waals surface area (Å²) in [6.07, 6.45) is 5.86. The van der Waals surface area contributed by atoms with Crippen molar-refractivity contribution in [2.75, 3.05) is 26.2 Å². The van der Waals surface area contributed by atoms with E-state index in [2.05, 4.69) is 22.3 Å². The molecule has 3 heterocycles. The van der Waals surface area contributed by atoms with E-state index in [9.17, 15) is 4.79 Å². The highest BCUT2D eigenvalue weighted by Crippen LogP contribution is 2.26. The van der Waals surface area contributed by atoms with Crippen molar-refractivity contribution in [3.05, 3.63) is 53.8 Å². The number of thiazole rings is 1. The Hall–Kier alpha value is -2.51. The van der Waals surface area contributed by atoms with Crippen LogP contribution in [-0.2, 0) is 0 Å². The Morgan fingerprint density at radius 3 is 2.79 bits per heavy atom. The van der Waals surface area contributed by atoms with Crippen LogP contribution in [0.2, 0.25) is 0 Å². The van der Waals surface area contributed by atoms with Crippen LogP contribution in [0.5, 0.6) is 0 Å². The molecule has 0 radical (unpaired) electrons. The molecule has 6 nitrogen and oxygen atoms in total. The smallest absolute Gasteiger partial charge is 0.273 e. The Kier molecular flexibility index (Phi) is 5.83. The quantitative estimate of drug-likeness (QED) is 0.694. The van der Waals surface area contributed by atoms with Crippen molar-refractivity contribution in [2.24, 2.45) is 5.92 Å². The van der Waals surface area contributed by atoms with Gasteiger partial charge in [0, 0.05) is 30.2 Å². The summed E-state index contributed by atoms with van der Waals surface area (Å²) in [4.78, 5) is 19.4. The maximum absolute atomic E-state index is 12.8. The van der Waals surface area contributed by atoms with Crippen LogP contribution in [-0.4, -0.2) is 51.8 Å². The number of nitrogens with zero attached hydrogens (tertiary/aromatic N) is 4. The molecular formula is C21H25N5OS. The molecule has 1 fully saturated rings. The van der Waals surface area contributed by atoms with Crippen LogP contribution in [0, 0.1) is 5.92 Å². The molecule has 2 aromatic heterocycles. The normalized spacial score (nSPS) is 15.1. The summed E-state index contributed by atoms with van der Waals surface area (Å²) >= 11 is 1.49. The number of aromatic nitrogens is 3. The fourth-order valence-corrected chi connectivity index (χ4v) is 4.28. The average Bonchev–Trinajstić information content (AvgIpc) is 3.42. The van der Waals surface area contributed by atoms with E-state index in [-0.39, 0.29) is 5.91 Å². The average molecular weight is 396 g/mol. The molecule has 28 heavy (non-hydrogen) atoms. The van der Waals surface area contributed by atoms with Crippen molar-refractivity contribution in [1.82, 2.24) is 25.0 Å². The molecule has 0 aliphatic carbocycles. The van der Waals surface area contributed by atoms with Gasteiger partial charge in [0.1, 0.15) is 10.7 Å². The van der Waals surface area contributed by atoms with Gasteiger partial charge in [0.2, 0.25) is 0 Å². The van der Waals surface area contributed by atoms with Crippen molar-refractivity contribution in [1.29, 1.82) is 0 Å². The molecule has 146 valence electrons. The number of benzene rings is 1. The van der Waals surface area contributed by atoms with Crippen molar-refractivity contribution >= 4 is 17.2 Å². The Morgan fingerprint density at radius 2 is 2.04 bits per heavy atom. The number of hydrogen-bond donors (Lipinski definition) is 1. The van der Waals surface area contributed by atoms with E-state index in [1.54, 1.807) is 6.20 Å². The maximum Gasteiger partial charge on any atom is 0.273 e. The van der Waals surface area contributed by atoms with Crippen molar-refractivity contribution < 1.29 is 4.79 Å². The molecule has 1 N–H and O–H groups in total. The lowest BCUT2D eigenvalue weighted by Crippen LogP contribution is -2.40. The minimum atomic E-state index is 0.0415. The van der Waals surface area contributed by atoms with E-state index in [0.717, 1.165) is 55.3 Å². The number of para-hydroxylation sites is 1. The first-order valence-electron chi connectivity index (χ1n) is 9.80. The van der Waals surface area contributed by atoms with Crippen LogP contribution in [0.3, 0.4) is 0 Å². The maximum atomic E-state index is 12.8. The number of likely N-dealkylation sites (tertiary alicyclic amines) is 1. The molecule has 0 bridgehead atoms. The molecule has 0 unspecified atom stereocenters. The van der Waals surface area contributed by atoms with Crippen molar-refractivity contribution in [3.8, 4) is 16.3 Å². The first-order valence-corrected chi connectivity index (χ1v) is 10.7. The second kappa shape index (κ2) is 8.67. The molecule has 0 spiro atoms. The standard InChI is InChI=1S/C21H25N5OS/c1-2-22-12-16-8-10-25(11-9-16)21(27)19-15-28-20(24-19)17-13-23-26(14-17)18-6-4-3-5-7-18/h3-7,13-16,22H,2,8-12H2,1H3. The van der Waals surface area contributed by atoms with Crippen LogP contribution in [0.1, 0.15) is 30.3 Å². The van der Waals surface area contributed by atoms with Gasteiger partial charge in [0.25, 0.3) is 5.91 Å². The predicted octanol–water partition coefficient (Wildman–Crippen LogP) is 3.46. The van der Waals surface area contributed by atoms with Gasteiger partial charge >= 0.3 is 0 Å². The summed E-state index contributed by atoms with van der Waals surface area (Å²) < 4.78 is 1.83. The van der Waals surface area contributed by atoms with E-state index in [4.69, 9.17) is 0 Å². The van der Waals surface area contributed by atoms with Crippen molar-refractivity contribution in [2.45, 2.75) is 19.8 Å². The third kappa shape index (κ3) is 4.15. The molecule has 1 aromatic carbocycles. The molecular weight excluding hydrogens is 370 g/mol. The summed E-state index contributed by atoms with van der Waals surface area (Å²) in [6, 6.07) is 9.97. The monoisotopic (exact) mass is 395 g/mol. The van der Waals surface area contributed by atoms with E-state index in [1.807, 2.05) is 51.5 Å². The molecule has 1 aliphatic heterocycles. The third-order valence-electron chi connectivity index (χ3n) is 5.16. The lowest BCUT2D eigenvalue weighted by atomic mass is 9.96. The summed E-state index contributed by atoms with van der Waals surface area (Å²) in [5, 5.41) is 10.5. The summed E-state index contributed by atoms with van der Waals surface area (Å²) in [7, 11) is 0. The summed E-state index contributed by atoms with van der Waals surface area (Å²) in [5.74, 6) is 0.707. The van der Waals surface area contributed by atoms with Gasteiger partial charge in [-0.1, -0.05) is 25.1 Å². The predicted molar refractivity (Wildman–Crippen MR) is 112 cm³/mol. The van der Waals surface area contributed by atoms with Crippen LogP contribution < -0.4 is 5.32 Å². The lowest BCUT2D eigenvalue weighted by Gasteiger charge is -2.31. The largest absolute Gasteiger partial charge is 0.337 e. The number of carbonyl (C=O) groups is 1. The second-order valence-corrected chi connectivity index (χ2v) is 7.95. The number of carbonyl (C=O) groups excluding carboxylic acids is 1. The fraction of sp³-hybridized carbons (Fsp3) is 0.381. The van der Waals surface area contributed by atoms with Crippen LogP contribution >= 0.6 is 11.3 Å². The zero-order valence-electron chi connectivity index (χ0n) is 16.0. The number of hydrogen-bond acceptors (Lipinski definition) is 5. The Bertz CT molecular complexity index is 912. The SMILES string of the molecule is CCNCC1CCN(C(=O)c2csc(-c3cnn(-c4ccccc4)c3)n2)CC1. The topological polar surface area (TPSA) is 63.1 Å². The highest BCUT2D eigenvalue weighted by Gasteiger charge is 2.25. The minimum Gasteiger partial charge on any atom is -0.337 e. The first-order chi connectivity index (χ1) is 13.7. The fourth-order valence-electron chi connectivity index (χ4n) is 3.51. The highest BCUT2D eigenvalue weighted by molar-refractivity contribution is 7.13. The van der Waals surface area contributed by atoms with Crippen LogP contribution in [0.15, 0.2) is 48.1 Å². The zero-order valence-corrected chi connectivity index (χ0v) is 16.9. The molecule has 1 saturated heterocycles. The Balaban J connectivity index is 1.41. The second-order valence-electron chi connectivity index (χ2n) is 7.09. The number of amides is 1. The van der Waals surface area contributed by atoms with Gasteiger partial charge in [0.05, 0.1) is 11.9 Å². The van der Waals surface area contributed by atoms with Gasteiger partial charge in [-0.05, 0) is 44.0 Å². The Labute approximate surface area is 169 Å². The van der Waals surface area contributed by atoms with Gasteiger partial charge in [0.15, 0.2) is 0 Å². The molecule has 0 atom stereocenters. The lowest BCUT2D eigenvalue weighted by molar-refractivity contribution is 0.0685. The van der Waals surface area contributed by atoms with Gasteiger partial charge in [-0.2, -0.15) is 5.10 Å². The Morgan fingerprint density at radius 1 is 1.25 bits per heavy atom. The number of rotatable bonds is 6. The molecule has 1 aliphatic rings. The van der Waals surface area contributed by atoms with Gasteiger partial charge < -0.3 is 10.2 Å². The van der Waals surface area contributed by atoms with Gasteiger partial charge in [-0.15, -0.1) is 11.3 Å². The number of nitrogens with one attached hydrogen (secondary N) is 1. The minimum absolute atomic E-state index is 0.0415. The van der Waals surface area contributed by atoms with Gasteiger partial charge in [-0.25, -0.2) is 9.67 Å². The molecule has 0 saturated carbocycles.